The molecule has 0 amide bonds. The monoisotopic (exact) mass is 441 g/mol. The zero-order chi connectivity index (χ0) is 23.0. The van der Waals surface area contributed by atoms with Crippen LogP contribution in [0.1, 0.15) is 38.1 Å². The highest BCUT2D eigenvalue weighted by Crippen LogP contribution is 2.25. The van der Waals surface area contributed by atoms with Gasteiger partial charge >= 0.3 is 5.97 Å². The predicted molar refractivity (Wildman–Crippen MR) is 134 cm³/mol. The summed E-state index contributed by atoms with van der Waals surface area (Å²) in [5.74, 6) is 0.840. The van der Waals surface area contributed by atoms with E-state index in [0.717, 1.165) is 48.4 Å². The van der Waals surface area contributed by atoms with Crippen LogP contribution in [-0.2, 0) is 22.5 Å². The second kappa shape index (κ2) is 10.8. The summed E-state index contributed by atoms with van der Waals surface area (Å²) >= 11 is 0. The number of hydrogen-bond donors (Lipinski definition) is 1. The molecule has 1 aromatic heterocycles. The minimum atomic E-state index is -0.257. The van der Waals surface area contributed by atoms with E-state index in [1.54, 1.807) is 0 Å². The smallest absolute Gasteiger partial charge is 0.325 e. The van der Waals surface area contributed by atoms with Crippen LogP contribution in [0.15, 0.2) is 72.8 Å². The lowest BCUT2D eigenvalue weighted by molar-refractivity contribution is -0.140. The van der Waals surface area contributed by atoms with Gasteiger partial charge < -0.3 is 14.6 Å². The fourth-order valence-corrected chi connectivity index (χ4v) is 4.03. The van der Waals surface area contributed by atoms with E-state index in [2.05, 4.69) is 71.4 Å². The zero-order valence-corrected chi connectivity index (χ0v) is 19.4. The highest BCUT2D eigenvalue weighted by Gasteiger charge is 2.13. The van der Waals surface area contributed by atoms with Gasteiger partial charge in [-0.3, -0.25) is 4.79 Å². The van der Waals surface area contributed by atoms with Crippen molar-refractivity contribution >= 4 is 22.7 Å². The Labute approximate surface area is 195 Å². The van der Waals surface area contributed by atoms with Crippen LogP contribution in [0.2, 0.25) is 0 Å². The molecule has 0 spiro atoms. The second-order valence-corrected chi connectivity index (χ2v) is 8.15. The summed E-state index contributed by atoms with van der Waals surface area (Å²) in [5.41, 5.74) is 6.59. The Balaban J connectivity index is 1.65. The van der Waals surface area contributed by atoms with Crippen LogP contribution in [-0.4, -0.2) is 28.7 Å². The summed E-state index contributed by atoms with van der Waals surface area (Å²) in [7, 11) is 0. The molecule has 1 heterocycles. The van der Waals surface area contributed by atoms with Crippen LogP contribution in [0.4, 0.5) is 5.69 Å². The van der Waals surface area contributed by atoms with Crippen molar-refractivity contribution in [2.24, 2.45) is 0 Å². The summed E-state index contributed by atoms with van der Waals surface area (Å²) in [4.78, 5) is 16.7. The van der Waals surface area contributed by atoms with Crippen molar-refractivity contribution in [1.29, 1.82) is 0 Å². The van der Waals surface area contributed by atoms with Crippen molar-refractivity contribution in [1.82, 2.24) is 9.55 Å². The molecule has 0 aliphatic carbocycles. The lowest BCUT2D eigenvalue weighted by Crippen LogP contribution is -2.16. The molecule has 0 radical (unpaired) electrons. The topological polar surface area (TPSA) is 56.1 Å². The average Bonchev–Trinajstić information content (AvgIpc) is 3.19. The van der Waals surface area contributed by atoms with Crippen LogP contribution in [0.25, 0.3) is 22.2 Å². The van der Waals surface area contributed by atoms with Crippen molar-refractivity contribution in [3.05, 3.63) is 84.2 Å². The van der Waals surface area contributed by atoms with Gasteiger partial charge in [0.1, 0.15) is 12.4 Å². The number of nitrogens with zero attached hydrogens (tertiary/aromatic N) is 2. The summed E-state index contributed by atoms with van der Waals surface area (Å²) in [6.07, 6.45) is 3.16. The normalized spacial score (nSPS) is 11.0. The van der Waals surface area contributed by atoms with E-state index in [0.29, 0.717) is 6.61 Å². The molecule has 5 nitrogen and oxygen atoms in total. The summed E-state index contributed by atoms with van der Waals surface area (Å²) in [6, 6.07) is 25.2. The highest BCUT2D eigenvalue weighted by molar-refractivity contribution is 5.82. The molecule has 0 saturated carbocycles. The van der Waals surface area contributed by atoms with Gasteiger partial charge in [0.15, 0.2) is 0 Å². The lowest BCUT2D eigenvalue weighted by Gasteiger charge is -2.12. The number of carbonyl (C=O) groups excluding carboxylic acids is 1. The summed E-state index contributed by atoms with van der Waals surface area (Å²) in [5, 5.41) is 3.18. The fourth-order valence-electron chi connectivity index (χ4n) is 4.03. The highest BCUT2D eigenvalue weighted by atomic mass is 16.5. The van der Waals surface area contributed by atoms with Gasteiger partial charge in [-0.05, 0) is 54.3 Å². The lowest BCUT2D eigenvalue weighted by atomic mass is 10.0. The molecule has 0 atom stereocenters. The quantitative estimate of drug-likeness (QED) is 0.304. The Morgan fingerprint density at radius 3 is 2.58 bits per heavy atom. The van der Waals surface area contributed by atoms with Gasteiger partial charge in [0.2, 0.25) is 0 Å². The number of imidazole rings is 1. The van der Waals surface area contributed by atoms with Gasteiger partial charge in [0.05, 0.1) is 17.6 Å². The van der Waals surface area contributed by atoms with E-state index < -0.39 is 0 Å². The van der Waals surface area contributed by atoms with Gasteiger partial charge in [-0.15, -0.1) is 0 Å². The van der Waals surface area contributed by atoms with Crippen LogP contribution < -0.4 is 5.32 Å². The van der Waals surface area contributed by atoms with Gasteiger partial charge in [-0.1, -0.05) is 61.9 Å². The standard InChI is InChI=1S/C28H31N3O2/c1-3-5-14-27-30-25-16-15-24(29-19-28(32)33-4-2)18-26(25)31(27)20-21-10-9-13-23(17-21)22-11-7-6-8-12-22/h6-13,15-18,29H,3-5,14,19-20H2,1-2H3. The van der Waals surface area contributed by atoms with Crippen molar-refractivity contribution in [2.45, 2.75) is 39.7 Å². The maximum atomic E-state index is 11.8. The number of nitrogens with one attached hydrogen (secondary N) is 1. The summed E-state index contributed by atoms with van der Waals surface area (Å²) < 4.78 is 7.34. The molecule has 0 fully saturated rings. The number of rotatable bonds is 10. The van der Waals surface area contributed by atoms with E-state index in [1.165, 1.54) is 16.7 Å². The molecule has 170 valence electrons. The molecule has 3 aromatic carbocycles. The number of unbranched alkanes of at least 4 members (excludes halogenated alkanes) is 1. The third-order valence-electron chi connectivity index (χ3n) is 5.70. The van der Waals surface area contributed by atoms with E-state index in [9.17, 15) is 4.79 Å². The van der Waals surface area contributed by atoms with E-state index in [-0.39, 0.29) is 12.5 Å². The first-order valence-corrected chi connectivity index (χ1v) is 11.7. The van der Waals surface area contributed by atoms with Crippen LogP contribution in [0, 0.1) is 0 Å². The number of hydrogen-bond acceptors (Lipinski definition) is 4. The second-order valence-electron chi connectivity index (χ2n) is 8.15. The Morgan fingerprint density at radius 1 is 0.970 bits per heavy atom. The third kappa shape index (κ3) is 5.61. The van der Waals surface area contributed by atoms with Crippen molar-refractivity contribution < 1.29 is 9.53 Å². The van der Waals surface area contributed by atoms with Crippen molar-refractivity contribution in [3.63, 3.8) is 0 Å². The number of anilines is 1. The first-order valence-electron chi connectivity index (χ1n) is 11.7. The molecule has 0 bridgehead atoms. The molecule has 33 heavy (non-hydrogen) atoms. The molecule has 5 heteroatoms. The van der Waals surface area contributed by atoms with E-state index >= 15 is 0 Å². The molecule has 0 aliphatic heterocycles. The molecule has 0 saturated heterocycles. The minimum Gasteiger partial charge on any atom is -0.465 e. The maximum Gasteiger partial charge on any atom is 0.325 e. The molecule has 0 unspecified atom stereocenters. The van der Waals surface area contributed by atoms with Crippen molar-refractivity contribution in [2.75, 3.05) is 18.5 Å². The number of carbonyl (C=O) groups is 1. The minimum absolute atomic E-state index is 0.148. The molecule has 1 N–H and O–H groups in total. The van der Waals surface area contributed by atoms with Gasteiger partial charge in [0.25, 0.3) is 0 Å². The fraction of sp³-hybridized carbons (Fsp3) is 0.286. The average molecular weight is 442 g/mol. The summed E-state index contributed by atoms with van der Waals surface area (Å²) in [6.45, 7) is 5.29. The SMILES string of the molecule is CCCCc1nc2ccc(NCC(=O)OCC)cc2n1Cc1cccc(-c2ccccc2)c1. The number of fused-ring (bicyclic) bond motifs is 1. The molecule has 0 aliphatic rings. The largest absolute Gasteiger partial charge is 0.465 e. The molecule has 4 aromatic rings. The predicted octanol–water partition coefficient (Wildman–Crippen LogP) is 6.07. The van der Waals surface area contributed by atoms with Gasteiger partial charge in [-0.2, -0.15) is 0 Å². The van der Waals surface area contributed by atoms with Gasteiger partial charge in [-0.25, -0.2) is 4.98 Å². The first-order chi connectivity index (χ1) is 16.2. The Hall–Kier alpha value is -3.60. The Bertz CT molecular complexity index is 1210. The Morgan fingerprint density at radius 2 is 1.79 bits per heavy atom. The van der Waals surface area contributed by atoms with Crippen molar-refractivity contribution in [3.8, 4) is 11.1 Å². The maximum absolute atomic E-state index is 11.8. The molecule has 4 rings (SSSR count). The zero-order valence-electron chi connectivity index (χ0n) is 19.4. The van der Waals surface area contributed by atoms with Crippen LogP contribution in [0.3, 0.4) is 0 Å². The van der Waals surface area contributed by atoms with E-state index in [4.69, 9.17) is 9.72 Å². The third-order valence-corrected chi connectivity index (χ3v) is 5.70. The number of aryl methyl sites for hydroxylation is 1. The van der Waals surface area contributed by atoms with E-state index in [1.807, 2.05) is 25.1 Å². The van der Waals surface area contributed by atoms with Gasteiger partial charge in [0, 0.05) is 18.7 Å². The Kier molecular flexibility index (Phi) is 7.40. The molecular formula is C28H31N3O2. The molecular weight excluding hydrogens is 410 g/mol. The number of aromatic nitrogens is 2. The number of benzene rings is 3. The van der Waals surface area contributed by atoms with Crippen LogP contribution in [0.5, 0.6) is 0 Å². The first kappa shape index (κ1) is 22.6. The van der Waals surface area contributed by atoms with Crippen LogP contribution >= 0.6 is 0 Å². The number of esters is 1. The number of ether oxygens (including phenoxy) is 1.